The number of aromatic nitrogens is 3. The standard InChI is InChI=1S/C12H14N6O3/c13-10-8-9(2-3-11(10)18(20)21)12(19)14-4-1-6-17-7-5-15-16-17/h2-3,5,7-8H,1,4,6,13H2,(H,14,19). The highest BCUT2D eigenvalue weighted by molar-refractivity contribution is 5.95. The van der Waals surface area contributed by atoms with E-state index < -0.39 is 4.92 Å². The van der Waals surface area contributed by atoms with E-state index in [9.17, 15) is 14.9 Å². The average molecular weight is 290 g/mol. The highest BCUT2D eigenvalue weighted by Crippen LogP contribution is 2.21. The van der Waals surface area contributed by atoms with Crippen molar-refractivity contribution in [2.75, 3.05) is 12.3 Å². The number of amides is 1. The molecule has 0 aliphatic carbocycles. The van der Waals surface area contributed by atoms with Crippen molar-refractivity contribution in [3.05, 3.63) is 46.3 Å². The summed E-state index contributed by atoms with van der Waals surface area (Å²) >= 11 is 0. The zero-order chi connectivity index (χ0) is 15.2. The number of hydrogen-bond acceptors (Lipinski definition) is 6. The van der Waals surface area contributed by atoms with Gasteiger partial charge in [-0.25, -0.2) is 0 Å². The van der Waals surface area contributed by atoms with Gasteiger partial charge >= 0.3 is 0 Å². The fraction of sp³-hybridized carbons (Fsp3) is 0.250. The van der Waals surface area contributed by atoms with Crippen molar-refractivity contribution in [1.82, 2.24) is 20.3 Å². The Morgan fingerprint density at radius 2 is 2.29 bits per heavy atom. The third kappa shape index (κ3) is 3.75. The molecular formula is C12H14N6O3. The number of nitro groups is 1. The molecule has 0 fully saturated rings. The molecule has 110 valence electrons. The van der Waals surface area contributed by atoms with Crippen LogP contribution in [0.4, 0.5) is 11.4 Å². The van der Waals surface area contributed by atoms with Gasteiger partial charge in [0, 0.05) is 30.9 Å². The Hall–Kier alpha value is -2.97. The van der Waals surface area contributed by atoms with Crippen LogP contribution in [0.5, 0.6) is 0 Å². The first kappa shape index (κ1) is 14.4. The SMILES string of the molecule is Nc1cc(C(=O)NCCCn2ccnn2)ccc1[N+](=O)[O-]. The lowest BCUT2D eigenvalue weighted by molar-refractivity contribution is -0.383. The number of nitrogen functional groups attached to an aromatic ring is 1. The van der Waals surface area contributed by atoms with Crippen molar-refractivity contribution in [1.29, 1.82) is 0 Å². The number of hydrogen-bond donors (Lipinski definition) is 2. The van der Waals surface area contributed by atoms with Crippen LogP contribution in [0.15, 0.2) is 30.6 Å². The lowest BCUT2D eigenvalue weighted by Crippen LogP contribution is -2.25. The van der Waals surface area contributed by atoms with Gasteiger partial charge in [-0.3, -0.25) is 19.6 Å². The van der Waals surface area contributed by atoms with E-state index in [-0.39, 0.29) is 17.3 Å². The van der Waals surface area contributed by atoms with Crippen molar-refractivity contribution >= 4 is 17.3 Å². The first-order valence-corrected chi connectivity index (χ1v) is 6.24. The summed E-state index contributed by atoms with van der Waals surface area (Å²) in [5, 5.41) is 20.8. The summed E-state index contributed by atoms with van der Waals surface area (Å²) in [7, 11) is 0. The maximum absolute atomic E-state index is 11.9. The molecule has 1 amide bonds. The van der Waals surface area contributed by atoms with Crippen LogP contribution in [0.1, 0.15) is 16.8 Å². The van der Waals surface area contributed by atoms with Crippen LogP contribution in [0.2, 0.25) is 0 Å². The predicted octanol–water partition coefficient (Wildman–Crippen LogP) is 0.589. The minimum atomic E-state index is -0.588. The Morgan fingerprint density at radius 1 is 1.48 bits per heavy atom. The fourth-order valence-electron chi connectivity index (χ4n) is 1.76. The third-order valence-corrected chi connectivity index (χ3v) is 2.81. The largest absolute Gasteiger partial charge is 0.393 e. The third-order valence-electron chi connectivity index (χ3n) is 2.81. The summed E-state index contributed by atoms with van der Waals surface area (Å²) < 4.78 is 1.66. The number of nitrogens with zero attached hydrogens (tertiary/aromatic N) is 4. The normalized spacial score (nSPS) is 10.3. The molecule has 0 saturated heterocycles. The molecule has 2 rings (SSSR count). The van der Waals surface area contributed by atoms with Crippen LogP contribution in [0, 0.1) is 10.1 Å². The number of aryl methyl sites for hydroxylation is 1. The number of rotatable bonds is 6. The van der Waals surface area contributed by atoms with Crippen molar-refractivity contribution in [2.24, 2.45) is 0 Å². The van der Waals surface area contributed by atoms with Gasteiger partial charge in [0.2, 0.25) is 0 Å². The van der Waals surface area contributed by atoms with Gasteiger partial charge in [-0.1, -0.05) is 5.21 Å². The summed E-state index contributed by atoms with van der Waals surface area (Å²) in [4.78, 5) is 21.9. The van der Waals surface area contributed by atoms with E-state index in [0.29, 0.717) is 25.1 Å². The number of nitrogens with two attached hydrogens (primary N) is 1. The van der Waals surface area contributed by atoms with Crippen LogP contribution in [-0.4, -0.2) is 32.4 Å². The molecule has 0 radical (unpaired) electrons. The average Bonchev–Trinajstić information content (AvgIpc) is 2.96. The fourth-order valence-corrected chi connectivity index (χ4v) is 1.76. The lowest BCUT2D eigenvalue weighted by Gasteiger charge is -2.06. The molecular weight excluding hydrogens is 276 g/mol. The maximum Gasteiger partial charge on any atom is 0.292 e. The Kier molecular flexibility index (Phi) is 4.44. The summed E-state index contributed by atoms with van der Waals surface area (Å²) in [6.45, 7) is 1.10. The Labute approximate surface area is 119 Å². The molecule has 1 heterocycles. The highest BCUT2D eigenvalue weighted by Gasteiger charge is 2.14. The lowest BCUT2D eigenvalue weighted by atomic mass is 10.1. The number of benzene rings is 1. The van der Waals surface area contributed by atoms with E-state index in [4.69, 9.17) is 5.73 Å². The molecule has 9 nitrogen and oxygen atoms in total. The first-order valence-electron chi connectivity index (χ1n) is 6.24. The Bertz CT molecular complexity index is 640. The second-order valence-electron chi connectivity index (χ2n) is 4.31. The van der Waals surface area contributed by atoms with E-state index in [1.54, 1.807) is 17.1 Å². The van der Waals surface area contributed by atoms with Gasteiger partial charge in [0.15, 0.2) is 0 Å². The van der Waals surface area contributed by atoms with Crippen LogP contribution >= 0.6 is 0 Å². The molecule has 0 unspecified atom stereocenters. The summed E-state index contributed by atoms with van der Waals surface area (Å²) in [6, 6.07) is 3.89. The van der Waals surface area contributed by atoms with Crippen LogP contribution in [0.3, 0.4) is 0 Å². The Balaban J connectivity index is 1.85. The van der Waals surface area contributed by atoms with Crippen molar-refractivity contribution in [3.63, 3.8) is 0 Å². The van der Waals surface area contributed by atoms with E-state index in [1.807, 2.05) is 0 Å². The smallest absolute Gasteiger partial charge is 0.292 e. The highest BCUT2D eigenvalue weighted by atomic mass is 16.6. The van der Waals surface area contributed by atoms with Gasteiger partial charge in [0.1, 0.15) is 5.69 Å². The second-order valence-corrected chi connectivity index (χ2v) is 4.31. The van der Waals surface area contributed by atoms with Crippen molar-refractivity contribution < 1.29 is 9.72 Å². The molecule has 0 atom stereocenters. The predicted molar refractivity (Wildman–Crippen MR) is 74.5 cm³/mol. The number of carbonyl (C=O) groups excluding carboxylic acids is 1. The van der Waals surface area contributed by atoms with E-state index in [2.05, 4.69) is 15.6 Å². The molecule has 0 bridgehead atoms. The van der Waals surface area contributed by atoms with Crippen LogP contribution in [-0.2, 0) is 6.54 Å². The second kappa shape index (κ2) is 6.46. The minimum absolute atomic E-state index is 0.0322. The van der Waals surface area contributed by atoms with Crippen molar-refractivity contribution in [3.8, 4) is 0 Å². The number of anilines is 1. The summed E-state index contributed by atoms with van der Waals surface area (Å²) in [5.74, 6) is -0.324. The molecule has 21 heavy (non-hydrogen) atoms. The van der Waals surface area contributed by atoms with Crippen LogP contribution < -0.4 is 11.1 Å². The van der Waals surface area contributed by atoms with Gasteiger partial charge in [0.25, 0.3) is 11.6 Å². The molecule has 2 aromatic rings. The quantitative estimate of drug-likeness (QED) is 0.346. The number of nitro benzene ring substituents is 1. The molecule has 3 N–H and O–H groups in total. The van der Waals surface area contributed by atoms with Gasteiger partial charge in [-0.05, 0) is 18.6 Å². The summed E-state index contributed by atoms with van der Waals surface area (Å²) in [6.07, 6.45) is 4.01. The Morgan fingerprint density at radius 3 is 2.90 bits per heavy atom. The van der Waals surface area contributed by atoms with Crippen molar-refractivity contribution in [2.45, 2.75) is 13.0 Å². The van der Waals surface area contributed by atoms with E-state index >= 15 is 0 Å². The zero-order valence-electron chi connectivity index (χ0n) is 11.1. The van der Waals surface area contributed by atoms with Crippen LogP contribution in [0.25, 0.3) is 0 Å². The minimum Gasteiger partial charge on any atom is -0.393 e. The molecule has 0 aliphatic heterocycles. The topological polar surface area (TPSA) is 129 Å². The number of nitrogens with one attached hydrogen (secondary N) is 1. The molecule has 0 aliphatic rings. The molecule has 1 aromatic heterocycles. The van der Waals surface area contributed by atoms with E-state index in [1.165, 1.54) is 18.2 Å². The van der Waals surface area contributed by atoms with E-state index in [0.717, 1.165) is 0 Å². The molecule has 1 aromatic carbocycles. The van der Waals surface area contributed by atoms with Gasteiger partial charge < -0.3 is 11.1 Å². The molecule has 0 saturated carbocycles. The molecule has 9 heteroatoms. The molecule has 0 spiro atoms. The van der Waals surface area contributed by atoms with Gasteiger partial charge in [-0.15, -0.1) is 5.10 Å². The zero-order valence-corrected chi connectivity index (χ0v) is 11.1. The first-order chi connectivity index (χ1) is 10.1. The maximum atomic E-state index is 11.9. The number of carbonyl (C=O) groups is 1. The van der Waals surface area contributed by atoms with Gasteiger partial charge in [-0.2, -0.15) is 0 Å². The summed E-state index contributed by atoms with van der Waals surface area (Å²) in [5.41, 5.74) is 5.59. The monoisotopic (exact) mass is 290 g/mol. The van der Waals surface area contributed by atoms with Gasteiger partial charge in [0.05, 0.1) is 11.1 Å².